The summed E-state index contributed by atoms with van der Waals surface area (Å²) in [7, 11) is 0. The van der Waals surface area contributed by atoms with Gasteiger partial charge in [0.15, 0.2) is 0 Å². The summed E-state index contributed by atoms with van der Waals surface area (Å²) in [5.41, 5.74) is 0. The molecule has 1 amide bonds. The molecule has 0 spiro atoms. The van der Waals surface area contributed by atoms with Gasteiger partial charge < -0.3 is 15.0 Å². The summed E-state index contributed by atoms with van der Waals surface area (Å²) in [6, 6.07) is 7.82. The normalized spacial score (nSPS) is 15.6. The molecule has 1 fully saturated rings. The maximum Gasteiger partial charge on any atom is 0.222 e. The maximum atomic E-state index is 12.1. The summed E-state index contributed by atoms with van der Waals surface area (Å²) in [6.45, 7) is 4.33. The van der Waals surface area contributed by atoms with Crippen LogP contribution in [0.5, 0.6) is 5.75 Å². The van der Waals surface area contributed by atoms with Gasteiger partial charge in [-0.3, -0.25) is 4.79 Å². The number of nitrogens with zero attached hydrogens (tertiary/aromatic N) is 1. The Balaban J connectivity index is 1.58. The van der Waals surface area contributed by atoms with Gasteiger partial charge in [0.2, 0.25) is 5.91 Å². The quantitative estimate of drug-likeness (QED) is 0.798. The molecule has 0 radical (unpaired) electrons. The lowest BCUT2D eigenvalue weighted by molar-refractivity contribution is -0.131. The van der Waals surface area contributed by atoms with Crippen molar-refractivity contribution in [2.24, 2.45) is 0 Å². The second-order valence-corrected chi connectivity index (χ2v) is 6.16. The van der Waals surface area contributed by atoms with Gasteiger partial charge in [0.25, 0.3) is 0 Å². The van der Waals surface area contributed by atoms with Crippen LogP contribution in [0.2, 0.25) is 0 Å². The Morgan fingerprint density at radius 2 is 2.00 bits per heavy atom. The summed E-state index contributed by atoms with van der Waals surface area (Å²) >= 11 is 3.40. The molecule has 116 valence electrons. The highest BCUT2D eigenvalue weighted by atomic mass is 79.9. The zero-order valence-electron chi connectivity index (χ0n) is 12.3. The van der Waals surface area contributed by atoms with Gasteiger partial charge in [0.1, 0.15) is 5.75 Å². The van der Waals surface area contributed by atoms with E-state index in [2.05, 4.69) is 21.2 Å². The molecule has 1 aliphatic rings. The van der Waals surface area contributed by atoms with Crippen LogP contribution < -0.4 is 10.1 Å². The Labute approximate surface area is 135 Å². The smallest absolute Gasteiger partial charge is 0.222 e. The molecule has 0 atom stereocenters. The van der Waals surface area contributed by atoms with Crippen molar-refractivity contribution in [2.75, 3.05) is 32.8 Å². The van der Waals surface area contributed by atoms with Crippen molar-refractivity contribution in [2.45, 2.75) is 25.7 Å². The van der Waals surface area contributed by atoms with E-state index in [1.54, 1.807) is 0 Å². The predicted molar refractivity (Wildman–Crippen MR) is 87.6 cm³/mol. The predicted octanol–water partition coefficient (Wildman–Crippen LogP) is 2.82. The Bertz CT molecular complexity index is 428. The number of halogens is 1. The van der Waals surface area contributed by atoms with Gasteiger partial charge in [-0.15, -0.1) is 0 Å². The minimum absolute atomic E-state index is 0.280. The van der Waals surface area contributed by atoms with Crippen LogP contribution in [0.4, 0.5) is 0 Å². The average Bonchev–Trinajstić information content (AvgIpc) is 2.78. The topological polar surface area (TPSA) is 41.6 Å². The van der Waals surface area contributed by atoms with Gasteiger partial charge in [-0.1, -0.05) is 15.9 Å². The first-order chi connectivity index (χ1) is 10.3. The molecule has 2 rings (SSSR count). The Hall–Kier alpha value is -1.07. The van der Waals surface area contributed by atoms with Crippen molar-refractivity contribution in [3.63, 3.8) is 0 Å². The van der Waals surface area contributed by atoms with Crippen molar-refractivity contribution in [1.29, 1.82) is 0 Å². The number of hydrogen-bond acceptors (Lipinski definition) is 3. The van der Waals surface area contributed by atoms with E-state index in [0.29, 0.717) is 13.0 Å². The number of carbonyl (C=O) groups excluding carboxylic acids is 1. The van der Waals surface area contributed by atoms with E-state index in [4.69, 9.17) is 4.74 Å². The fourth-order valence-electron chi connectivity index (χ4n) is 2.35. The Morgan fingerprint density at radius 1 is 1.19 bits per heavy atom. The molecule has 1 saturated heterocycles. The number of rotatable bonds is 6. The lowest BCUT2D eigenvalue weighted by Gasteiger charge is -2.19. The number of carbonyl (C=O) groups is 1. The van der Waals surface area contributed by atoms with Crippen LogP contribution in [0.3, 0.4) is 0 Å². The number of amides is 1. The van der Waals surface area contributed by atoms with Crippen molar-refractivity contribution >= 4 is 21.8 Å². The first kappa shape index (κ1) is 16.3. The number of nitrogens with one attached hydrogen (secondary N) is 1. The van der Waals surface area contributed by atoms with Crippen LogP contribution in [0.1, 0.15) is 25.7 Å². The van der Waals surface area contributed by atoms with Crippen molar-refractivity contribution in [3.05, 3.63) is 28.7 Å². The van der Waals surface area contributed by atoms with E-state index < -0.39 is 0 Å². The monoisotopic (exact) mass is 354 g/mol. The number of benzene rings is 1. The first-order valence-electron chi connectivity index (χ1n) is 7.62. The second-order valence-electron chi connectivity index (χ2n) is 5.24. The standard InChI is InChI=1S/C16H23BrN2O2/c17-14-5-7-15(8-6-14)21-13-2-1-4-16(20)19-11-3-9-18-10-12-19/h5-8,18H,1-4,9-13H2. The van der Waals surface area contributed by atoms with E-state index in [9.17, 15) is 4.79 Å². The highest BCUT2D eigenvalue weighted by Gasteiger charge is 2.14. The maximum absolute atomic E-state index is 12.1. The van der Waals surface area contributed by atoms with E-state index in [-0.39, 0.29) is 5.91 Å². The molecule has 4 nitrogen and oxygen atoms in total. The molecule has 1 aromatic rings. The zero-order chi connectivity index (χ0) is 14.9. The van der Waals surface area contributed by atoms with Crippen molar-refractivity contribution in [3.8, 4) is 5.75 Å². The minimum atomic E-state index is 0.280. The third-order valence-corrected chi connectivity index (χ3v) is 4.09. The molecule has 1 aliphatic heterocycles. The van der Waals surface area contributed by atoms with Crippen LogP contribution in [-0.4, -0.2) is 43.6 Å². The van der Waals surface area contributed by atoms with Gasteiger partial charge in [-0.2, -0.15) is 0 Å². The molecule has 0 aromatic heterocycles. The summed E-state index contributed by atoms with van der Waals surface area (Å²) in [6.07, 6.45) is 3.48. The Kier molecular flexibility index (Phi) is 7.03. The van der Waals surface area contributed by atoms with Crippen molar-refractivity contribution < 1.29 is 9.53 Å². The highest BCUT2D eigenvalue weighted by Crippen LogP contribution is 2.16. The molecular formula is C16H23BrN2O2. The van der Waals surface area contributed by atoms with Gasteiger partial charge in [0.05, 0.1) is 6.61 Å². The molecule has 21 heavy (non-hydrogen) atoms. The van der Waals surface area contributed by atoms with Crippen LogP contribution in [-0.2, 0) is 4.79 Å². The third kappa shape index (κ3) is 6.06. The summed E-state index contributed by atoms with van der Waals surface area (Å²) in [5.74, 6) is 1.16. The number of unbranched alkanes of at least 4 members (excludes halogenated alkanes) is 1. The molecule has 1 N–H and O–H groups in total. The van der Waals surface area contributed by atoms with Crippen LogP contribution in [0, 0.1) is 0 Å². The van der Waals surface area contributed by atoms with Gasteiger partial charge in [0, 0.05) is 30.5 Å². The molecule has 1 aromatic carbocycles. The Morgan fingerprint density at radius 3 is 2.81 bits per heavy atom. The van der Waals surface area contributed by atoms with E-state index in [0.717, 1.165) is 55.7 Å². The molecule has 5 heteroatoms. The second kappa shape index (κ2) is 9.05. The minimum Gasteiger partial charge on any atom is -0.494 e. The van der Waals surface area contributed by atoms with Crippen LogP contribution >= 0.6 is 15.9 Å². The van der Waals surface area contributed by atoms with Crippen LogP contribution in [0.25, 0.3) is 0 Å². The lowest BCUT2D eigenvalue weighted by atomic mass is 10.2. The summed E-state index contributed by atoms with van der Waals surface area (Å²) in [5, 5.41) is 3.31. The largest absolute Gasteiger partial charge is 0.494 e. The number of ether oxygens (including phenoxy) is 1. The third-order valence-electron chi connectivity index (χ3n) is 3.56. The fraction of sp³-hybridized carbons (Fsp3) is 0.562. The molecule has 0 aliphatic carbocycles. The first-order valence-corrected chi connectivity index (χ1v) is 8.42. The van der Waals surface area contributed by atoms with E-state index in [1.807, 2.05) is 29.2 Å². The zero-order valence-corrected chi connectivity index (χ0v) is 13.9. The fourth-order valence-corrected chi connectivity index (χ4v) is 2.62. The van der Waals surface area contributed by atoms with Crippen molar-refractivity contribution in [1.82, 2.24) is 10.2 Å². The van der Waals surface area contributed by atoms with E-state index >= 15 is 0 Å². The highest BCUT2D eigenvalue weighted by molar-refractivity contribution is 9.10. The van der Waals surface area contributed by atoms with E-state index in [1.165, 1.54) is 0 Å². The SMILES string of the molecule is O=C(CCCCOc1ccc(Br)cc1)N1CCCNCC1. The van der Waals surface area contributed by atoms with Gasteiger partial charge >= 0.3 is 0 Å². The summed E-state index contributed by atoms with van der Waals surface area (Å²) < 4.78 is 6.70. The molecule has 0 bridgehead atoms. The lowest BCUT2D eigenvalue weighted by Crippen LogP contribution is -2.34. The summed E-state index contributed by atoms with van der Waals surface area (Å²) in [4.78, 5) is 14.1. The molecular weight excluding hydrogens is 332 g/mol. The van der Waals surface area contributed by atoms with Gasteiger partial charge in [-0.05, 0) is 50.1 Å². The van der Waals surface area contributed by atoms with Gasteiger partial charge in [-0.25, -0.2) is 0 Å². The average molecular weight is 355 g/mol. The van der Waals surface area contributed by atoms with Crippen LogP contribution in [0.15, 0.2) is 28.7 Å². The molecule has 0 unspecified atom stereocenters. The molecule has 0 saturated carbocycles. The molecule has 1 heterocycles. The number of hydrogen-bond donors (Lipinski definition) is 1.